The number of fused-ring (bicyclic) bond motifs is 1. The van der Waals surface area contributed by atoms with Crippen LogP contribution in [-0.4, -0.2) is 25.6 Å². The summed E-state index contributed by atoms with van der Waals surface area (Å²) in [6, 6.07) is 12.5. The first kappa shape index (κ1) is 16.8. The van der Waals surface area contributed by atoms with E-state index in [9.17, 15) is 0 Å². The fraction of sp³-hybridized carbons (Fsp3) is 0.400. The van der Waals surface area contributed by atoms with E-state index >= 15 is 0 Å². The van der Waals surface area contributed by atoms with E-state index in [1.165, 1.54) is 10.8 Å². The Morgan fingerprint density at radius 3 is 2.46 bits per heavy atom. The largest absolute Gasteiger partial charge is 0.491 e. The predicted octanol–water partition coefficient (Wildman–Crippen LogP) is 4.71. The minimum Gasteiger partial charge on any atom is -0.491 e. The number of rotatable bonds is 5. The number of anilines is 1. The van der Waals surface area contributed by atoms with Gasteiger partial charge in [0.25, 0.3) is 0 Å². The highest BCUT2D eigenvalue weighted by Gasteiger charge is 2.24. The summed E-state index contributed by atoms with van der Waals surface area (Å²) in [5.74, 6) is 0.362. The molecule has 128 valence electrons. The van der Waals surface area contributed by atoms with Crippen LogP contribution in [0.2, 0.25) is 0 Å². The highest BCUT2D eigenvalue weighted by molar-refractivity contribution is 5.88. The second kappa shape index (κ2) is 7.24. The van der Waals surface area contributed by atoms with Crippen LogP contribution >= 0.6 is 0 Å². The Hall–Kier alpha value is -2.04. The van der Waals surface area contributed by atoms with Crippen molar-refractivity contribution in [3.05, 3.63) is 48.2 Å². The Balaban J connectivity index is 1.81. The van der Waals surface area contributed by atoms with Gasteiger partial charge in [-0.05, 0) is 48.7 Å². The smallest absolute Gasteiger partial charge is 0.163 e. The third kappa shape index (κ3) is 4.08. The number of nitrogens with one attached hydrogen (secondary N) is 1. The van der Waals surface area contributed by atoms with Crippen molar-refractivity contribution in [1.29, 1.82) is 0 Å². The van der Waals surface area contributed by atoms with Crippen LogP contribution in [0.4, 0.5) is 5.69 Å². The van der Waals surface area contributed by atoms with Crippen LogP contribution in [0.5, 0.6) is 5.75 Å². The van der Waals surface area contributed by atoms with Gasteiger partial charge in [-0.2, -0.15) is 0 Å². The summed E-state index contributed by atoms with van der Waals surface area (Å²) in [5.41, 5.74) is 2.03. The van der Waals surface area contributed by atoms with Gasteiger partial charge in [-0.25, -0.2) is 0 Å². The molecule has 1 saturated heterocycles. The van der Waals surface area contributed by atoms with Gasteiger partial charge in [0.2, 0.25) is 0 Å². The van der Waals surface area contributed by atoms with E-state index in [0.29, 0.717) is 19.8 Å². The van der Waals surface area contributed by atoms with E-state index in [1.54, 1.807) is 0 Å². The average molecular weight is 327 g/mol. The molecule has 4 nitrogen and oxygen atoms in total. The van der Waals surface area contributed by atoms with Gasteiger partial charge < -0.3 is 19.5 Å². The van der Waals surface area contributed by atoms with Crippen molar-refractivity contribution in [2.45, 2.75) is 33.0 Å². The zero-order chi connectivity index (χ0) is 17.0. The molecule has 0 unspecified atom stereocenters. The minimum absolute atomic E-state index is 0.504. The molecule has 0 radical (unpaired) electrons. The predicted molar refractivity (Wildman–Crippen MR) is 97.4 cm³/mol. The first-order chi connectivity index (χ1) is 11.6. The van der Waals surface area contributed by atoms with Crippen molar-refractivity contribution in [2.75, 3.05) is 25.1 Å². The van der Waals surface area contributed by atoms with Crippen molar-refractivity contribution in [1.82, 2.24) is 0 Å². The Morgan fingerprint density at radius 1 is 1.12 bits per heavy atom. The second-order valence-corrected chi connectivity index (χ2v) is 6.47. The quantitative estimate of drug-likeness (QED) is 0.863. The van der Waals surface area contributed by atoms with Gasteiger partial charge >= 0.3 is 0 Å². The Labute approximate surface area is 143 Å². The van der Waals surface area contributed by atoms with Gasteiger partial charge in [-0.15, -0.1) is 0 Å². The Morgan fingerprint density at radius 2 is 1.79 bits per heavy atom. The van der Waals surface area contributed by atoms with Gasteiger partial charge in [0, 0.05) is 6.20 Å². The van der Waals surface area contributed by atoms with Crippen molar-refractivity contribution >= 4 is 16.5 Å². The molecule has 1 aliphatic heterocycles. The molecule has 2 aromatic carbocycles. The normalized spacial score (nSPS) is 16.9. The fourth-order valence-corrected chi connectivity index (χ4v) is 2.54. The van der Waals surface area contributed by atoms with Gasteiger partial charge in [0.1, 0.15) is 5.75 Å². The summed E-state index contributed by atoms with van der Waals surface area (Å²) in [6.45, 7) is 7.80. The lowest BCUT2D eigenvalue weighted by atomic mass is 10.1. The van der Waals surface area contributed by atoms with E-state index in [-0.39, 0.29) is 0 Å². The van der Waals surface area contributed by atoms with E-state index in [2.05, 4.69) is 36.5 Å². The van der Waals surface area contributed by atoms with Gasteiger partial charge in [0.15, 0.2) is 5.79 Å². The molecule has 2 aromatic rings. The number of hydrogen-bond acceptors (Lipinski definition) is 4. The first-order valence-electron chi connectivity index (χ1n) is 8.45. The molecule has 0 bridgehead atoms. The van der Waals surface area contributed by atoms with Gasteiger partial charge in [0.05, 0.1) is 25.5 Å². The number of hydrogen-bond donors (Lipinski definition) is 1. The zero-order valence-corrected chi connectivity index (χ0v) is 14.6. The molecule has 0 amide bonds. The molecule has 0 spiro atoms. The maximum Gasteiger partial charge on any atom is 0.163 e. The standard InChI is InChI=1S/C20H25NO3/c1-4-9-22-19-11-17-8-6-5-7-16(17)10-18(19)21-12-15-13-23-20(2,3)24-14-15/h5-8,10-12,21H,4,9,13-14H2,1-3H3. The topological polar surface area (TPSA) is 39.7 Å². The van der Waals surface area contributed by atoms with Crippen LogP contribution < -0.4 is 10.1 Å². The number of benzene rings is 2. The van der Waals surface area contributed by atoms with E-state index < -0.39 is 5.79 Å². The molecule has 1 N–H and O–H groups in total. The van der Waals surface area contributed by atoms with Crippen LogP contribution in [0.1, 0.15) is 27.2 Å². The molecule has 0 saturated carbocycles. The lowest BCUT2D eigenvalue weighted by Gasteiger charge is -2.31. The molecule has 1 heterocycles. The van der Waals surface area contributed by atoms with Gasteiger partial charge in [-0.1, -0.05) is 31.2 Å². The van der Waals surface area contributed by atoms with Crippen LogP contribution in [0.3, 0.4) is 0 Å². The van der Waals surface area contributed by atoms with Crippen molar-refractivity contribution in [2.24, 2.45) is 0 Å². The maximum absolute atomic E-state index is 5.91. The van der Waals surface area contributed by atoms with Crippen molar-refractivity contribution in [3.63, 3.8) is 0 Å². The zero-order valence-electron chi connectivity index (χ0n) is 14.6. The van der Waals surface area contributed by atoms with Gasteiger partial charge in [-0.3, -0.25) is 0 Å². The van der Waals surface area contributed by atoms with Crippen molar-refractivity contribution < 1.29 is 14.2 Å². The highest BCUT2D eigenvalue weighted by Crippen LogP contribution is 2.31. The lowest BCUT2D eigenvalue weighted by molar-refractivity contribution is -0.225. The van der Waals surface area contributed by atoms with Crippen LogP contribution in [-0.2, 0) is 9.47 Å². The Bertz CT molecular complexity index is 725. The van der Waals surface area contributed by atoms with Crippen molar-refractivity contribution in [3.8, 4) is 5.75 Å². The molecule has 3 rings (SSSR count). The lowest BCUT2D eigenvalue weighted by Crippen LogP contribution is -2.35. The van der Waals surface area contributed by atoms with E-state index in [1.807, 2.05) is 32.2 Å². The summed E-state index contributed by atoms with van der Waals surface area (Å²) in [4.78, 5) is 0. The molecule has 24 heavy (non-hydrogen) atoms. The molecule has 0 atom stereocenters. The summed E-state index contributed by atoms with van der Waals surface area (Å²) in [7, 11) is 0. The summed E-state index contributed by atoms with van der Waals surface area (Å²) < 4.78 is 17.3. The first-order valence-corrected chi connectivity index (χ1v) is 8.45. The molecule has 1 fully saturated rings. The highest BCUT2D eigenvalue weighted by atomic mass is 16.7. The molecule has 0 aromatic heterocycles. The number of ether oxygens (including phenoxy) is 3. The summed E-state index contributed by atoms with van der Waals surface area (Å²) in [5, 5.41) is 5.72. The van der Waals surface area contributed by atoms with Crippen LogP contribution in [0.15, 0.2) is 48.2 Å². The summed E-state index contributed by atoms with van der Waals surface area (Å²) in [6.07, 6.45) is 2.93. The summed E-state index contributed by atoms with van der Waals surface area (Å²) >= 11 is 0. The molecular formula is C20H25NO3. The molecular weight excluding hydrogens is 302 g/mol. The molecule has 1 aliphatic rings. The second-order valence-electron chi connectivity index (χ2n) is 6.47. The minimum atomic E-state index is -0.504. The SMILES string of the molecule is CCCOc1cc2ccccc2cc1NC=C1COC(C)(C)OC1. The average Bonchev–Trinajstić information content (AvgIpc) is 2.58. The maximum atomic E-state index is 5.91. The van der Waals surface area contributed by atoms with Crippen LogP contribution in [0, 0.1) is 0 Å². The van der Waals surface area contributed by atoms with E-state index in [0.717, 1.165) is 23.4 Å². The fourth-order valence-electron chi connectivity index (χ4n) is 2.54. The molecule has 0 aliphatic carbocycles. The third-order valence-corrected chi connectivity index (χ3v) is 3.95. The Kier molecular flexibility index (Phi) is 5.07. The molecule has 4 heteroatoms. The third-order valence-electron chi connectivity index (χ3n) is 3.95. The van der Waals surface area contributed by atoms with Crippen LogP contribution in [0.25, 0.3) is 10.8 Å². The monoisotopic (exact) mass is 327 g/mol. The van der Waals surface area contributed by atoms with E-state index in [4.69, 9.17) is 14.2 Å².